The number of carbonyl (C=O) groups excluding carboxylic acids is 2. The van der Waals surface area contributed by atoms with Gasteiger partial charge < -0.3 is 10.1 Å². The van der Waals surface area contributed by atoms with Gasteiger partial charge in [0.25, 0.3) is 0 Å². The fourth-order valence-electron chi connectivity index (χ4n) is 6.25. The van der Waals surface area contributed by atoms with E-state index in [1.165, 1.54) is 12.1 Å². The molecule has 4 fully saturated rings. The normalized spacial score (nSPS) is 34.8. The highest BCUT2D eigenvalue weighted by atomic mass is 35.5. The number of hydrogen-bond acceptors (Lipinski definition) is 3. The van der Waals surface area contributed by atoms with Gasteiger partial charge in [0.2, 0.25) is 0 Å². The number of carbonyl (C=O) groups is 2. The molecule has 1 aromatic rings. The third-order valence-corrected chi connectivity index (χ3v) is 7.32. The van der Waals surface area contributed by atoms with Crippen molar-refractivity contribution in [2.75, 3.05) is 0 Å². The SMILES string of the molecule is O=C(N[C@H](c1ccccc1)C1C2CC3CC(Cl)(C2)CC1(OC(=O)C(F)(F)F)C3)C(F)(F)F. The van der Waals surface area contributed by atoms with Gasteiger partial charge in [-0.15, -0.1) is 11.6 Å². The first kappa shape index (κ1) is 23.2. The van der Waals surface area contributed by atoms with Crippen LogP contribution in [0.2, 0.25) is 0 Å². The Morgan fingerprint density at radius 1 is 1.03 bits per heavy atom. The molecule has 5 rings (SSSR count). The first-order valence-corrected chi connectivity index (χ1v) is 10.5. The number of esters is 1. The Hall–Kier alpha value is -1.97. The zero-order valence-corrected chi connectivity index (χ0v) is 17.4. The number of nitrogens with one attached hydrogen (secondary N) is 1. The van der Waals surface area contributed by atoms with E-state index in [0.29, 0.717) is 19.3 Å². The van der Waals surface area contributed by atoms with Crippen LogP contribution in [0.25, 0.3) is 0 Å². The largest absolute Gasteiger partial charge is 0.490 e. The number of benzene rings is 1. The van der Waals surface area contributed by atoms with E-state index in [4.69, 9.17) is 16.3 Å². The first-order valence-electron chi connectivity index (χ1n) is 10.1. The topological polar surface area (TPSA) is 55.4 Å². The van der Waals surface area contributed by atoms with Crippen molar-refractivity contribution in [1.29, 1.82) is 0 Å². The van der Waals surface area contributed by atoms with Gasteiger partial charge in [0.05, 0.1) is 6.04 Å². The van der Waals surface area contributed by atoms with E-state index in [1.807, 2.05) is 5.32 Å². The van der Waals surface area contributed by atoms with Crippen molar-refractivity contribution in [3.63, 3.8) is 0 Å². The van der Waals surface area contributed by atoms with Gasteiger partial charge in [-0.3, -0.25) is 4.79 Å². The molecule has 6 atom stereocenters. The molecule has 0 saturated heterocycles. The molecule has 4 aliphatic rings. The number of halogens is 7. The fraction of sp³-hybridized carbons (Fsp3) is 0.619. The van der Waals surface area contributed by atoms with E-state index >= 15 is 0 Å². The number of amides is 1. The van der Waals surface area contributed by atoms with Crippen molar-refractivity contribution in [3.8, 4) is 0 Å². The standard InChI is InChI=1S/C21H20ClF6NO3/c22-18-7-11-6-13(9-18)14(19(8-11,10-18)32-17(31)21(26,27)28)15(12-4-2-1-3-5-12)29-16(30)20(23,24)25/h1-5,11,13-15H,6-10H2,(H,29,30)/t11?,13?,14?,15-,18?,19?/m1/s1. The van der Waals surface area contributed by atoms with Crippen molar-refractivity contribution in [2.45, 2.75) is 61.0 Å². The predicted molar refractivity (Wildman–Crippen MR) is 100 cm³/mol. The summed E-state index contributed by atoms with van der Waals surface area (Å²) in [5.74, 6) is -6.15. The molecule has 0 radical (unpaired) electrons. The molecular formula is C21H20ClF6NO3. The zero-order chi connectivity index (χ0) is 23.5. The summed E-state index contributed by atoms with van der Waals surface area (Å²) >= 11 is 6.67. The van der Waals surface area contributed by atoms with E-state index in [-0.39, 0.29) is 24.3 Å². The molecule has 4 saturated carbocycles. The fourth-order valence-corrected chi connectivity index (χ4v) is 6.89. The summed E-state index contributed by atoms with van der Waals surface area (Å²) in [6.45, 7) is 0. The Labute approximate surface area is 184 Å². The summed E-state index contributed by atoms with van der Waals surface area (Å²) < 4.78 is 83.8. The first-order chi connectivity index (χ1) is 14.7. The summed E-state index contributed by atoms with van der Waals surface area (Å²) in [5, 5.41) is 1.97. The Bertz CT molecular complexity index is 907. The molecule has 176 valence electrons. The molecule has 0 heterocycles. The Balaban J connectivity index is 1.79. The van der Waals surface area contributed by atoms with Gasteiger partial charge in [0.15, 0.2) is 0 Å². The lowest BCUT2D eigenvalue weighted by atomic mass is 9.47. The van der Waals surface area contributed by atoms with E-state index in [0.717, 1.165) is 0 Å². The van der Waals surface area contributed by atoms with Crippen molar-refractivity contribution in [1.82, 2.24) is 5.32 Å². The van der Waals surface area contributed by atoms with Gasteiger partial charge in [-0.25, -0.2) is 4.79 Å². The maximum atomic E-state index is 13.1. The van der Waals surface area contributed by atoms with Gasteiger partial charge in [0, 0.05) is 17.2 Å². The van der Waals surface area contributed by atoms with Crippen LogP contribution < -0.4 is 5.32 Å². The van der Waals surface area contributed by atoms with Crippen LogP contribution in [0, 0.1) is 17.8 Å². The summed E-state index contributed by atoms with van der Waals surface area (Å²) in [6.07, 6.45) is -9.12. The molecule has 1 aromatic carbocycles. The molecule has 4 bridgehead atoms. The zero-order valence-electron chi connectivity index (χ0n) is 16.6. The number of rotatable bonds is 4. The second-order valence-electron chi connectivity index (χ2n) is 9.14. The molecular weight excluding hydrogens is 464 g/mol. The summed E-state index contributed by atoms with van der Waals surface area (Å²) in [5.41, 5.74) is -1.45. The van der Waals surface area contributed by atoms with Crippen LogP contribution in [0.5, 0.6) is 0 Å². The van der Waals surface area contributed by atoms with Gasteiger partial charge in [-0.05, 0) is 43.1 Å². The van der Waals surface area contributed by atoms with Crippen molar-refractivity contribution >= 4 is 23.5 Å². The van der Waals surface area contributed by atoms with Crippen LogP contribution in [0.4, 0.5) is 26.3 Å². The second-order valence-corrected chi connectivity index (χ2v) is 9.94. The molecule has 11 heteroatoms. The average Bonchev–Trinajstić information content (AvgIpc) is 2.64. The van der Waals surface area contributed by atoms with E-state index in [1.54, 1.807) is 18.2 Å². The minimum atomic E-state index is -5.27. The molecule has 0 aliphatic heterocycles. The third-order valence-electron chi connectivity index (χ3n) is 6.87. The van der Waals surface area contributed by atoms with Crippen molar-refractivity contribution in [3.05, 3.63) is 35.9 Å². The lowest BCUT2D eigenvalue weighted by Gasteiger charge is -2.64. The van der Waals surface area contributed by atoms with Crippen LogP contribution >= 0.6 is 11.6 Å². The van der Waals surface area contributed by atoms with Crippen LogP contribution in [0.3, 0.4) is 0 Å². The van der Waals surface area contributed by atoms with Gasteiger partial charge in [-0.1, -0.05) is 30.3 Å². The van der Waals surface area contributed by atoms with Gasteiger partial charge in [0.1, 0.15) is 5.60 Å². The monoisotopic (exact) mass is 483 g/mol. The highest BCUT2D eigenvalue weighted by Gasteiger charge is 2.67. The maximum Gasteiger partial charge on any atom is 0.490 e. The summed E-state index contributed by atoms with van der Waals surface area (Å²) in [7, 11) is 0. The Kier molecular flexibility index (Phi) is 5.46. The lowest BCUT2D eigenvalue weighted by molar-refractivity contribution is -0.245. The maximum absolute atomic E-state index is 13.1. The lowest BCUT2D eigenvalue weighted by Crippen LogP contribution is -2.67. The molecule has 4 nitrogen and oxygen atoms in total. The summed E-state index contributed by atoms with van der Waals surface area (Å²) in [6, 6.07) is 6.39. The Morgan fingerprint density at radius 2 is 1.69 bits per heavy atom. The third kappa shape index (κ3) is 4.18. The minimum absolute atomic E-state index is 0.0513. The van der Waals surface area contributed by atoms with Crippen LogP contribution in [0.1, 0.15) is 43.7 Å². The number of alkyl halides is 7. The smallest absolute Gasteiger partial charge is 0.452 e. The Morgan fingerprint density at radius 3 is 2.25 bits per heavy atom. The van der Waals surface area contributed by atoms with Gasteiger partial charge in [-0.2, -0.15) is 26.3 Å². The van der Waals surface area contributed by atoms with Crippen molar-refractivity contribution < 1.29 is 40.7 Å². The molecule has 0 aromatic heterocycles. The molecule has 1 N–H and O–H groups in total. The molecule has 4 aliphatic carbocycles. The van der Waals surface area contributed by atoms with E-state index in [2.05, 4.69) is 0 Å². The van der Waals surface area contributed by atoms with Crippen LogP contribution in [0.15, 0.2) is 30.3 Å². The van der Waals surface area contributed by atoms with Crippen LogP contribution in [-0.2, 0) is 14.3 Å². The number of hydrogen-bond donors (Lipinski definition) is 1. The second kappa shape index (κ2) is 7.53. The quantitative estimate of drug-likeness (QED) is 0.370. The highest BCUT2D eigenvalue weighted by Crippen LogP contribution is 2.66. The average molecular weight is 484 g/mol. The van der Waals surface area contributed by atoms with Crippen molar-refractivity contribution in [2.24, 2.45) is 17.8 Å². The molecule has 5 unspecified atom stereocenters. The number of ether oxygens (including phenoxy) is 1. The van der Waals surface area contributed by atoms with E-state index < -0.39 is 52.6 Å². The van der Waals surface area contributed by atoms with Gasteiger partial charge >= 0.3 is 24.2 Å². The van der Waals surface area contributed by atoms with E-state index in [9.17, 15) is 35.9 Å². The molecule has 0 spiro atoms. The minimum Gasteiger partial charge on any atom is -0.452 e. The molecule has 1 amide bonds. The summed E-state index contributed by atoms with van der Waals surface area (Å²) in [4.78, 5) is 22.9. The molecule has 32 heavy (non-hydrogen) atoms. The van der Waals surface area contributed by atoms with Crippen LogP contribution in [-0.4, -0.2) is 34.7 Å². The highest BCUT2D eigenvalue weighted by molar-refractivity contribution is 6.24. The predicted octanol–water partition coefficient (Wildman–Crippen LogP) is 5.07.